The molecule has 0 spiro atoms. The smallest absolute Gasteiger partial charge is 0.137 e. The summed E-state index contributed by atoms with van der Waals surface area (Å²) < 4.78 is 38.8. The van der Waals surface area contributed by atoms with Gasteiger partial charge in [-0.1, -0.05) is 12.1 Å². The summed E-state index contributed by atoms with van der Waals surface area (Å²) >= 11 is 0. The van der Waals surface area contributed by atoms with Crippen molar-refractivity contribution in [2.24, 2.45) is 0 Å². The molecule has 0 radical (unpaired) electrons. The van der Waals surface area contributed by atoms with Crippen molar-refractivity contribution in [2.75, 3.05) is 0 Å². The van der Waals surface area contributed by atoms with Gasteiger partial charge in [0.2, 0.25) is 0 Å². The quantitative estimate of drug-likeness (QED) is 0.786. The Kier molecular flexibility index (Phi) is 2.56. The van der Waals surface area contributed by atoms with Crippen LogP contribution in [0.2, 0.25) is 0 Å². The van der Waals surface area contributed by atoms with Gasteiger partial charge in [0.1, 0.15) is 23.2 Å². The van der Waals surface area contributed by atoms with Gasteiger partial charge in [-0.2, -0.15) is 0 Å². The maximum absolute atomic E-state index is 13.4. The van der Waals surface area contributed by atoms with E-state index in [4.69, 9.17) is 0 Å². The lowest BCUT2D eigenvalue weighted by atomic mass is 10.0. The monoisotopic (exact) mass is 224 g/mol. The van der Waals surface area contributed by atoms with Crippen LogP contribution in [0.3, 0.4) is 0 Å². The number of rotatable bonds is 1. The van der Waals surface area contributed by atoms with Gasteiger partial charge in [0.25, 0.3) is 0 Å². The molecule has 82 valence electrons. The van der Waals surface area contributed by atoms with Gasteiger partial charge in [-0.05, 0) is 17.7 Å². The molecule has 0 saturated heterocycles. The minimum atomic E-state index is -0.885. The zero-order valence-corrected chi connectivity index (χ0v) is 8.05. The van der Waals surface area contributed by atoms with E-state index in [-0.39, 0.29) is 11.1 Å². The normalized spacial score (nSPS) is 10.4. The third-order valence-electron chi connectivity index (χ3n) is 2.17. The van der Waals surface area contributed by atoms with E-state index in [0.29, 0.717) is 6.07 Å². The van der Waals surface area contributed by atoms with Gasteiger partial charge in [-0.25, -0.2) is 13.2 Å². The molecule has 16 heavy (non-hydrogen) atoms. The number of aromatic hydroxyl groups is 1. The van der Waals surface area contributed by atoms with Crippen LogP contribution >= 0.6 is 0 Å². The van der Waals surface area contributed by atoms with Crippen molar-refractivity contribution in [1.29, 1.82) is 0 Å². The Morgan fingerprint density at radius 1 is 0.812 bits per heavy atom. The summed E-state index contributed by atoms with van der Waals surface area (Å²) in [7, 11) is 0. The number of hydrogen-bond donors (Lipinski definition) is 1. The van der Waals surface area contributed by atoms with Crippen LogP contribution in [0.4, 0.5) is 13.2 Å². The third kappa shape index (κ3) is 1.86. The lowest BCUT2D eigenvalue weighted by Gasteiger charge is -2.06. The zero-order chi connectivity index (χ0) is 11.7. The predicted octanol–water partition coefficient (Wildman–Crippen LogP) is 3.48. The molecule has 0 aliphatic carbocycles. The van der Waals surface area contributed by atoms with Crippen molar-refractivity contribution in [2.45, 2.75) is 0 Å². The van der Waals surface area contributed by atoms with Gasteiger partial charge in [0, 0.05) is 12.1 Å². The topological polar surface area (TPSA) is 20.2 Å². The highest BCUT2D eigenvalue weighted by molar-refractivity contribution is 5.70. The van der Waals surface area contributed by atoms with Crippen LogP contribution in [0.1, 0.15) is 0 Å². The van der Waals surface area contributed by atoms with Crippen molar-refractivity contribution in [3.05, 3.63) is 53.8 Å². The Bertz CT molecular complexity index is 497. The zero-order valence-electron chi connectivity index (χ0n) is 8.05. The Hall–Kier alpha value is -1.97. The SMILES string of the molecule is Oc1cc(F)cc(F)c1-c1ccc(F)cc1. The number of benzene rings is 2. The molecule has 0 heterocycles. The van der Waals surface area contributed by atoms with E-state index < -0.39 is 23.2 Å². The molecule has 0 aliphatic rings. The van der Waals surface area contributed by atoms with E-state index in [1.165, 1.54) is 12.1 Å². The fourth-order valence-electron chi connectivity index (χ4n) is 1.46. The first-order chi connectivity index (χ1) is 7.58. The van der Waals surface area contributed by atoms with Crippen LogP contribution in [-0.4, -0.2) is 5.11 Å². The first-order valence-electron chi connectivity index (χ1n) is 4.52. The van der Waals surface area contributed by atoms with Crippen LogP contribution in [0.25, 0.3) is 11.1 Å². The van der Waals surface area contributed by atoms with Gasteiger partial charge in [0.15, 0.2) is 0 Å². The number of halogens is 3. The second-order valence-corrected chi connectivity index (χ2v) is 3.29. The number of phenols is 1. The van der Waals surface area contributed by atoms with Gasteiger partial charge in [-0.3, -0.25) is 0 Å². The van der Waals surface area contributed by atoms with Crippen LogP contribution < -0.4 is 0 Å². The maximum Gasteiger partial charge on any atom is 0.137 e. The summed E-state index contributed by atoms with van der Waals surface area (Å²) in [5.41, 5.74) is 0.151. The molecule has 0 aromatic heterocycles. The van der Waals surface area contributed by atoms with Crippen LogP contribution in [0.15, 0.2) is 36.4 Å². The molecule has 2 rings (SSSR count). The van der Waals surface area contributed by atoms with Crippen molar-refractivity contribution < 1.29 is 18.3 Å². The summed E-state index contributed by atoms with van der Waals surface area (Å²) in [5.74, 6) is -2.72. The molecule has 0 bridgehead atoms. The Balaban J connectivity index is 2.60. The Morgan fingerprint density at radius 3 is 2.00 bits per heavy atom. The molecule has 0 amide bonds. The summed E-state index contributed by atoms with van der Waals surface area (Å²) in [5, 5.41) is 9.42. The standard InChI is InChI=1S/C12H7F3O/c13-8-3-1-7(2-4-8)12-10(15)5-9(14)6-11(12)16/h1-6,16H. The van der Waals surface area contributed by atoms with Gasteiger partial charge in [-0.15, -0.1) is 0 Å². The number of hydrogen-bond acceptors (Lipinski definition) is 1. The van der Waals surface area contributed by atoms with Crippen LogP contribution in [-0.2, 0) is 0 Å². The molecular weight excluding hydrogens is 217 g/mol. The van der Waals surface area contributed by atoms with E-state index in [1.807, 2.05) is 0 Å². The summed E-state index contributed by atoms with van der Waals surface area (Å²) in [4.78, 5) is 0. The molecule has 0 aliphatic heterocycles. The van der Waals surface area contributed by atoms with E-state index in [1.54, 1.807) is 0 Å². The van der Waals surface area contributed by atoms with Crippen LogP contribution in [0, 0.1) is 17.5 Å². The molecule has 0 fully saturated rings. The molecule has 0 unspecified atom stereocenters. The second-order valence-electron chi connectivity index (χ2n) is 3.29. The maximum atomic E-state index is 13.4. The average Bonchev–Trinajstić information content (AvgIpc) is 2.19. The fraction of sp³-hybridized carbons (Fsp3) is 0. The lowest BCUT2D eigenvalue weighted by Crippen LogP contribution is -1.88. The summed E-state index contributed by atoms with van der Waals surface area (Å²) in [6, 6.07) is 6.37. The van der Waals surface area contributed by atoms with Crippen LogP contribution in [0.5, 0.6) is 5.75 Å². The Labute approximate surface area is 89.8 Å². The van der Waals surface area contributed by atoms with Gasteiger partial charge >= 0.3 is 0 Å². The molecule has 1 N–H and O–H groups in total. The first-order valence-corrected chi connectivity index (χ1v) is 4.52. The van der Waals surface area contributed by atoms with Gasteiger partial charge in [0.05, 0.1) is 5.56 Å². The molecule has 4 heteroatoms. The highest BCUT2D eigenvalue weighted by Gasteiger charge is 2.12. The highest BCUT2D eigenvalue weighted by Crippen LogP contribution is 2.32. The van der Waals surface area contributed by atoms with Crippen molar-refractivity contribution in [3.63, 3.8) is 0 Å². The number of phenolic OH excluding ortho intramolecular Hbond substituents is 1. The molecule has 0 saturated carbocycles. The average molecular weight is 224 g/mol. The van der Waals surface area contributed by atoms with E-state index in [9.17, 15) is 18.3 Å². The summed E-state index contributed by atoms with van der Waals surface area (Å²) in [6.07, 6.45) is 0. The fourth-order valence-corrected chi connectivity index (χ4v) is 1.46. The Morgan fingerprint density at radius 2 is 1.44 bits per heavy atom. The van der Waals surface area contributed by atoms with Crippen molar-refractivity contribution in [3.8, 4) is 16.9 Å². The minimum Gasteiger partial charge on any atom is -0.507 e. The largest absolute Gasteiger partial charge is 0.507 e. The first kappa shape index (κ1) is 10.5. The minimum absolute atomic E-state index is 0.138. The van der Waals surface area contributed by atoms with Crippen molar-refractivity contribution >= 4 is 0 Å². The molecule has 2 aromatic carbocycles. The summed E-state index contributed by atoms with van der Waals surface area (Å²) in [6.45, 7) is 0. The second kappa shape index (κ2) is 3.89. The lowest BCUT2D eigenvalue weighted by molar-refractivity contribution is 0.463. The van der Waals surface area contributed by atoms with Crippen molar-refractivity contribution in [1.82, 2.24) is 0 Å². The molecule has 0 atom stereocenters. The molecule has 2 aromatic rings. The van der Waals surface area contributed by atoms with E-state index >= 15 is 0 Å². The highest BCUT2D eigenvalue weighted by atomic mass is 19.1. The molecular formula is C12H7F3O. The van der Waals surface area contributed by atoms with Gasteiger partial charge < -0.3 is 5.11 Å². The molecule has 1 nitrogen and oxygen atoms in total. The van der Waals surface area contributed by atoms with E-state index in [2.05, 4.69) is 0 Å². The predicted molar refractivity (Wildman–Crippen MR) is 53.4 cm³/mol. The third-order valence-corrected chi connectivity index (χ3v) is 2.17. The van der Waals surface area contributed by atoms with E-state index in [0.717, 1.165) is 18.2 Å².